The lowest BCUT2D eigenvalue weighted by Gasteiger charge is -2.43. The number of hydrogen-bond acceptors (Lipinski definition) is 4. The normalized spacial score (nSPS) is 19.6. The van der Waals surface area contributed by atoms with Gasteiger partial charge in [-0.2, -0.15) is 0 Å². The van der Waals surface area contributed by atoms with E-state index in [0.29, 0.717) is 0 Å². The summed E-state index contributed by atoms with van der Waals surface area (Å²) in [5.74, 6) is 5.88. The van der Waals surface area contributed by atoms with Crippen LogP contribution in [0.2, 0.25) is 0 Å². The summed E-state index contributed by atoms with van der Waals surface area (Å²) in [6.07, 6.45) is 9.07. The van der Waals surface area contributed by atoms with Crippen LogP contribution < -0.4 is 11.3 Å². The van der Waals surface area contributed by atoms with E-state index in [0.717, 1.165) is 13.1 Å². The Bertz CT molecular complexity index is 422. The van der Waals surface area contributed by atoms with E-state index in [1.165, 1.54) is 36.8 Å². The number of nitrogens with two attached hydrogens (primary N) is 1. The summed E-state index contributed by atoms with van der Waals surface area (Å²) in [6.45, 7) is 8.95. The number of rotatable bonds is 4. The van der Waals surface area contributed by atoms with Gasteiger partial charge in [-0.1, -0.05) is 18.9 Å². The van der Waals surface area contributed by atoms with Crippen LogP contribution in [0.1, 0.15) is 56.7 Å². The van der Waals surface area contributed by atoms with E-state index >= 15 is 0 Å². The van der Waals surface area contributed by atoms with Crippen LogP contribution >= 0.6 is 0 Å². The molecule has 1 fully saturated rings. The van der Waals surface area contributed by atoms with Crippen molar-refractivity contribution in [3.8, 4) is 0 Å². The first kappa shape index (κ1) is 15.4. The highest BCUT2D eigenvalue weighted by Gasteiger charge is 2.36. The first-order valence-corrected chi connectivity index (χ1v) is 7.68. The number of nitrogens with zero attached hydrogens (tertiary/aromatic N) is 2. The zero-order valence-electron chi connectivity index (χ0n) is 13.0. The van der Waals surface area contributed by atoms with Crippen molar-refractivity contribution in [2.24, 2.45) is 5.84 Å². The van der Waals surface area contributed by atoms with Crippen LogP contribution in [0.4, 0.5) is 0 Å². The predicted octanol–water partition coefficient (Wildman–Crippen LogP) is 2.55. The number of hydrogen-bond donors (Lipinski definition) is 2. The van der Waals surface area contributed by atoms with Crippen molar-refractivity contribution in [2.75, 3.05) is 13.1 Å². The second-order valence-electron chi connectivity index (χ2n) is 6.45. The number of nitrogens with one attached hydrogen (secondary N) is 1. The lowest BCUT2D eigenvalue weighted by Crippen LogP contribution is -2.54. The zero-order chi connectivity index (χ0) is 14.6. The van der Waals surface area contributed by atoms with Crippen LogP contribution in [0.25, 0.3) is 0 Å². The molecule has 0 radical (unpaired) electrons. The highest BCUT2D eigenvalue weighted by molar-refractivity contribution is 5.23. The molecule has 1 aliphatic heterocycles. The minimum absolute atomic E-state index is 0.0193. The van der Waals surface area contributed by atoms with Crippen LogP contribution in [0.5, 0.6) is 0 Å². The van der Waals surface area contributed by atoms with Crippen molar-refractivity contribution in [3.63, 3.8) is 0 Å². The first-order chi connectivity index (χ1) is 9.55. The maximum absolute atomic E-state index is 5.88. The molecule has 2 heterocycles. The molecule has 0 aliphatic carbocycles. The van der Waals surface area contributed by atoms with Crippen molar-refractivity contribution in [2.45, 2.75) is 58.0 Å². The lowest BCUT2D eigenvalue weighted by molar-refractivity contribution is 0.0833. The summed E-state index contributed by atoms with van der Waals surface area (Å²) in [5, 5.41) is 0. The quantitative estimate of drug-likeness (QED) is 0.655. The molecule has 1 aromatic heterocycles. The molecular formula is C16H28N4. The summed E-state index contributed by atoms with van der Waals surface area (Å²) in [4.78, 5) is 6.89. The van der Waals surface area contributed by atoms with Gasteiger partial charge in [0.05, 0.1) is 6.04 Å². The monoisotopic (exact) mass is 276 g/mol. The van der Waals surface area contributed by atoms with E-state index in [1.807, 2.05) is 12.4 Å². The van der Waals surface area contributed by atoms with Crippen LogP contribution in [0, 0.1) is 6.92 Å². The molecule has 0 saturated carbocycles. The Kier molecular flexibility index (Phi) is 5.13. The summed E-state index contributed by atoms with van der Waals surface area (Å²) in [6, 6.07) is 2.27. The fourth-order valence-corrected chi connectivity index (χ4v) is 3.27. The van der Waals surface area contributed by atoms with Gasteiger partial charge in [0.1, 0.15) is 0 Å². The third-order valence-electron chi connectivity index (χ3n) is 4.52. The maximum atomic E-state index is 5.88. The van der Waals surface area contributed by atoms with E-state index in [4.69, 9.17) is 5.84 Å². The lowest BCUT2D eigenvalue weighted by atomic mass is 9.87. The Hall–Kier alpha value is -0.970. The summed E-state index contributed by atoms with van der Waals surface area (Å²) < 4.78 is 0. The zero-order valence-corrected chi connectivity index (χ0v) is 13.0. The summed E-state index contributed by atoms with van der Waals surface area (Å²) >= 11 is 0. The molecule has 20 heavy (non-hydrogen) atoms. The molecule has 1 aromatic rings. The Morgan fingerprint density at radius 3 is 2.40 bits per heavy atom. The smallest absolute Gasteiger partial charge is 0.0653 e. The average molecular weight is 276 g/mol. The molecule has 4 nitrogen and oxygen atoms in total. The first-order valence-electron chi connectivity index (χ1n) is 7.68. The Morgan fingerprint density at radius 1 is 1.20 bits per heavy atom. The molecule has 112 valence electrons. The molecule has 1 unspecified atom stereocenters. The van der Waals surface area contributed by atoms with Crippen molar-refractivity contribution in [1.82, 2.24) is 15.3 Å². The van der Waals surface area contributed by atoms with Gasteiger partial charge in [0.2, 0.25) is 0 Å². The van der Waals surface area contributed by atoms with E-state index in [2.05, 4.69) is 42.1 Å². The fourth-order valence-electron chi connectivity index (χ4n) is 3.27. The van der Waals surface area contributed by atoms with Crippen LogP contribution in [0.3, 0.4) is 0 Å². The van der Waals surface area contributed by atoms with E-state index in [9.17, 15) is 0 Å². The number of pyridine rings is 1. The van der Waals surface area contributed by atoms with Gasteiger partial charge < -0.3 is 0 Å². The van der Waals surface area contributed by atoms with E-state index in [-0.39, 0.29) is 11.6 Å². The minimum atomic E-state index is -0.0193. The third kappa shape index (κ3) is 3.37. The van der Waals surface area contributed by atoms with Gasteiger partial charge in [0.25, 0.3) is 0 Å². The Morgan fingerprint density at radius 2 is 1.85 bits per heavy atom. The Labute approximate surface area is 122 Å². The second-order valence-corrected chi connectivity index (χ2v) is 6.45. The minimum Gasteiger partial charge on any atom is -0.296 e. The average Bonchev–Trinajstić information content (AvgIpc) is 2.68. The van der Waals surface area contributed by atoms with Gasteiger partial charge in [-0.3, -0.25) is 21.2 Å². The van der Waals surface area contributed by atoms with Gasteiger partial charge in [-0.05, 0) is 57.8 Å². The molecule has 4 heteroatoms. The van der Waals surface area contributed by atoms with Crippen LogP contribution in [0.15, 0.2) is 18.5 Å². The number of likely N-dealkylation sites (tertiary alicyclic amines) is 1. The topological polar surface area (TPSA) is 54.2 Å². The second kappa shape index (κ2) is 6.66. The molecule has 0 amide bonds. The van der Waals surface area contributed by atoms with Crippen molar-refractivity contribution in [3.05, 3.63) is 29.6 Å². The highest BCUT2D eigenvalue weighted by Crippen LogP contribution is 2.32. The Balaban J connectivity index is 2.23. The van der Waals surface area contributed by atoms with Gasteiger partial charge >= 0.3 is 0 Å². The maximum Gasteiger partial charge on any atom is 0.0653 e. The molecule has 0 spiro atoms. The number of aromatic nitrogens is 1. The largest absolute Gasteiger partial charge is 0.296 e. The van der Waals surface area contributed by atoms with Gasteiger partial charge in [0, 0.05) is 17.9 Å². The number of hydrazine groups is 1. The molecule has 1 atom stereocenters. The van der Waals surface area contributed by atoms with Crippen molar-refractivity contribution >= 4 is 0 Å². The SMILES string of the molecule is Cc1cncc(C(NN)C(C)(C)N2CCCCCC2)c1. The molecule has 1 aliphatic rings. The molecular weight excluding hydrogens is 248 g/mol. The van der Waals surface area contributed by atoms with Gasteiger partial charge in [-0.15, -0.1) is 0 Å². The van der Waals surface area contributed by atoms with Crippen LogP contribution in [-0.4, -0.2) is 28.5 Å². The summed E-state index contributed by atoms with van der Waals surface area (Å²) in [5.41, 5.74) is 5.35. The fraction of sp³-hybridized carbons (Fsp3) is 0.688. The highest BCUT2D eigenvalue weighted by atomic mass is 15.3. The van der Waals surface area contributed by atoms with Crippen molar-refractivity contribution in [1.29, 1.82) is 0 Å². The molecule has 1 saturated heterocycles. The number of aryl methyl sites for hydroxylation is 1. The van der Waals surface area contributed by atoms with Crippen LogP contribution in [-0.2, 0) is 0 Å². The molecule has 2 rings (SSSR count). The predicted molar refractivity (Wildman–Crippen MR) is 83.2 cm³/mol. The molecule has 0 bridgehead atoms. The van der Waals surface area contributed by atoms with Gasteiger partial charge in [0.15, 0.2) is 0 Å². The van der Waals surface area contributed by atoms with E-state index < -0.39 is 0 Å². The van der Waals surface area contributed by atoms with E-state index in [1.54, 1.807) is 0 Å². The molecule has 3 N–H and O–H groups in total. The third-order valence-corrected chi connectivity index (χ3v) is 4.52. The molecule has 0 aromatic carbocycles. The summed E-state index contributed by atoms with van der Waals surface area (Å²) in [7, 11) is 0. The van der Waals surface area contributed by atoms with Crippen molar-refractivity contribution < 1.29 is 0 Å². The van der Waals surface area contributed by atoms with Gasteiger partial charge in [-0.25, -0.2) is 0 Å². The standard InChI is InChI=1S/C16H28N4/c1-13-10-14(12-18-11-13)15(19-17)16(2,3)20-8-6-4-5-7-9-20/h10-12,15,19H,4-9,17H2,1-3H3.